The Hall–Kier alpha value is -1.86. The summed E-state index contributed by atoms with van der Waals surface area (Å²) in [5.74, 6) is 0.305. The van der Waals surface area contributed by atoms with Crippen LogP contribution in [0.15, 0.2) is 36.5 Å². The predicted octanol–water partition coefficient (Wildman–Crippen LogP) is 3.34. The number of piperidine rings is 1. The van der Waals surface area contributed by atoms with Crippen LogP contribution in [-0.4, -0.2) is 39.6 Å². The molecule has 130 valence electrons. The number of alkyl halides is 3. The molecule has 0 saturated carbocycles. The van der Waals surface area contributed by atoms with E-state index in [4.69, 9.17) is 0 Å². The number of aromatic amines is 1. The molecule has 1 aliphatic rings. The molecule has 2 N–H and O–H groups in total. The molecule has 0 radical (unpaired) electrons. The Kier molecular flexibility index (Phi) is 4.91. The maximum absolute atomic E-state index is 12.7. The van der Waals surface area contributed by atoms with Gasteiger partial charge in [-0.3, -0.25) is 4.90 Å². The SMILES string of the molecule is O[C@H](CN1CCC[C@H](c2ncc(C(F)(F)F)[nH]2)C1)c1ccccc1. The molecule has 0 amide bonds. The van der Waals surface area contributed by atoms with Crippen molar-refractivity contribution in [2.45, 2.75) is 31.0 Å². The van der Waals surface area contributed by atoms with Crippen LogP contribution in [0.2, 0.25) is 0 Å². The Bertz CT molecular complexity index is 657. The Labute approximate surface area is 138 Å². The van der Waals surface area contributed by atoms with E-state index in [-0.39, 0.29) is 5.92 Å². The fourth-order valence-corrected chi connectivity index (χ4v) is 3.16. The first-order chi connectivity index (χ1) is 11.4. The first kappa shape index (κ1) is 17.0. The summed E-state index contributed by atoms with van der Waals surface area (Å²) < 4.78 is 38.1. The van der Waals surface area contributed by atoms with Gasteiger partial charge in [-0.05, 0) is 24.9 Å². The van der Waals surface area contributed by atoms with E-state index in [1.807, 2.05) is 30.3 Å². The average Bonchev–Trinajstić information content (AvgIpc) is 3.06. The summed E-state index contributed by atoms with van der Waals surface area (Å²) in [4.78, 5) is 8.40. The van der Waals surface area contributed by atoms with Crippen LogP contribution in [0.5, 0.6) is 0 Å². The highest BCUT2D eigenvalue weighted by atomic mass is 19.4. The Morgan fingerprint density at radius 3 is 2.71 bits per heavy atom. The number of benzene rings is 1. The minimum absolute atomic E-state index is 0.0715. The van der Waals surface area contributed by atoms with Gasteiger partial charge in [0, 0.05) is 19.0 Å². The van der Waals surface area contributed by atoms with Crippen LogP contribution in [0.4, 0.5) is 13.2 Å². The monoisotopic (exact) mass is 339 g/mol. The molecule has 0 aliphatic carbocycles. The van der Waals surface area contributed by atoms with Gasteiger partial charge < -0.3 is 10.1 Å². The molecule has 4 nitrogen and oxygen atoms in total. The van der Waals surface area contributed by atoms with Gasteiger partial charge in [0.15, 0.2) is 0 Å². The number of imidazole rings is 1. The average molecular weight is 339 g/mol. The van der Waals surface area contributed by atoms with Crippen molar-refractivity contribution in [2.75, 3.05) is 19.6 Å². The molecule has 1 saturated heterocycles. The molecule has 0 bridgehead atoms. The van der Waals surface area contributed by atoms with E-state index in [0.29, 0.717) is 18.9 Å². The van der Waals surface area contributed by atoms with Gasteiger partial charge in [0.2, 0.25) is 0 Å². The van der Waals surface area contributed by atoms with Crippen LogP contribution in [0.25, 0.3) is 0 Å². The number of hydrogen-bond donors (Lipinski definition) is 2. The number of aliphatic hydroxyl groups is 1. The van der Waals surface area contributed by atoms with Crippen LogP contribution >= 0.6 is 0 Å². The molecule has 2 heterocycles. The summed E-state index contributed by atoms with van der Waals surface area (Å²) >= 11 is 0. The fourth-order valence-electron chi connectivity index (χ4n) is 3.16. The summed E-state index contributed by atoms with van der Waals surface area (Å²) in [6, 6.07) is 9.38. The molecule has 2 aromatic rings. The topological polar surface area (TPSA) is 52.1 Å². The molecular weight excluding hydrogens is 319 g/mol. The zero-order valence-corrected chi connectivity index (χ0v) is 13.1. The molecule has 2 atom stereocenters. The van der Waals surface area contributed by atoms with Gasteiger partial charge in [-0.1, -0.05) is 30.3 Å². The third kappa shape index (κ3) is 3.96. The number of aliphatic hydroxyl groups excluding tert-OH is 1. The second kappa shape index (κ2) is 6.94. The maximum Gasteiger partial charge on any atom is 0.432 e. The largest absolute Gasteiger partial charge is 0.432 e. The maximum atomic E-state index is 12.7. The summed E-state index contributed by atoms with van der Waals surface area (Å²) in [7, 11) is 0. The van der Waals surface area contributed by atoms with E-state index in [1.165, 1.54) is 0 Å². The lowest BCUT2D eigenvalue weighted by Crippen LogP contribution is -2.37. The summed E-state index contributed by atoms with van der Waals surface area (Å²) in [5.41, 5.74) is 0.0379. The van der Waals surface area contributed by atoms with Gasteiger partial charge in [-0.2, -0.15) is 13.2 Å². The fraction of sp³-hybridized carbons (Fsp3) is 0.471. The van der Waals surface area contributed by atoms with Crippen LogP contribution in [0, 0.1) is 0 Å². The second-order valence-electron chi connectivity index (χ2n) is 6.21. The number of hydrogen-bond acceptors (Lipinski definition) is 3. The highest BCUT2D eigenvalue weighted by molar-refractivity contribution is 5.17. The summed E-state index contributed by atoms with van der Waals surface area (Å²) in [6.45, 7) is 1.88. The minimum atomic E-state index is -4.40. The van der Waals surface area contributed by atoms with E-state index in [1.54, 1.807) is 0 Å². The third-order valence-electron chi connectivity index (χ3n) is 4.41. The van der Waals surface area contributed by atoms with Crippen molar-refractivity contribution in [1.82, 2.24) is 14.9 Å². The smallest absolute Gasteiger partial charge is 0.387 e. The molecule has 7 heteroatoms. The molecule has 1 aliphatic heterocycles. The summed E-state index contributed by atoms with van der Waals surface area (Å²) in [6.07, 6.45) is -2.49. The Morgan fingerprint density at radius 1 is 1.29 bits per heavy atom. The van der Waals surface area contributed by atoms with Crippen molar-refractivity contribution in [1.29, 1.82) is 0 Å². The van der Waals surface area contributed by atoms with Crippen molar-refractivity contribution in [3.8, 4) is 0 Å². The zero-order chi connectivity index (χ0) is 17.2. The van der Waals surface area contributed by atoms with Gasteiger partial charge in [-0.15, -0.1) is 0 Å². The molecule has 1 aromatic carbocycles. The van der Waals surface area contributed by atoms with Crippen LogP contribution in [0.1, 0.15) is 41.9 Å². The Morgan fingerprint density at radius 2 is 2.04 bits per heavy atom. The minimum Gasteiger partial charge on any atom is -0.387 e. The molecule has 1 aromatic heterocycles. The Balaban J connectivity index is 1.63. The highest BCUT2D eigenvalue weighted by Gasteiger charge is 2.34. The van der Waals surface area contributed by atoms with E-state index in [9.17, 15) is 18.3 Å². The van der Waals surface area contributed by atoms with Crippen LogP contribution in [-0.2, 0) is 6.18 Å². The standard InChI is InChI=1S/C17H20F3N3O/c18-17(19,20)15-9-21-16(22-15)13-7-4-8-23(10-13)11-14(24)12-5-2-1-3-6-12/h1-3,5-6,9,13-14,24H,4,7-8,10-11H2,(H,21,22)/t13-,14+/m0/s1. The number of H-pyrrole nitrogens is 1. The van der Waals surface area contributed by atoms with Crippen LogP contribution in [0.3, 0.4) is 0 Å². The number of β-amino-alcohol motifs (C(OH)–C–C–N with tert-alkyl or cyclic N) is 1. The third-order valence-corrected chi connectivity index (χ3v) is 4.41. The van der Waals surface area contributed by atoms with Gasteiger partial charge in [0.1, 0.15) is 11.5 Å². The van der Waals surface area contributed by atoms with Gasteiger partial charge in [0.05, 0.1) is 12.3 Å². The van der Waals surface area contributed by atoms with Crippen LogP contribution < -0.4 is 0 Å². The number of likely N-dealkylation sites (tertiary alicyclic amines) is 1. The molecule has 0 unspecified atom stereocenters. The zero-order valence-electron chi connectivity index (χ0n) is 13.1. The molecule has 3 rings (SSSR count). The van der Waals surface area contributed by atoms with Crippen molar-refractivity contribution >= 4 is 0 Å². The lowest BCUT2D eigenvalue weighted by molar-refractivity contribution is -0.141. The number of nitrogens with zero attached hydrogens (tertiary/aromatic N) is 2. The normalized spacial score (nSPS) is 20.9. The first-order valence-electron chi connectivity index (χ1n) is 8.01. The highest BCUT2D eigenvalue weighted by Crippen LogP contribution is 2.31. The molecule has 0 spiro atoms. The number of aromatic nitrogens is 2. The van der Waals surface area contributed by atoms with Crippen molar-refractivity contribution in [2.24, 2.45) is 0 Å². The summed E-state index contributed by atoms with van der Waals surface area (Å²) in [5, 5.41) is 10.3. The van der Waals surface area contributed by atoms with E-state index >= 15 is 0 Å². The lowest BCUT2D eigenvalue weighted by Gasteiger charge is -2.33. The number of rotatable bonds is 4. The van der Waals surface area contributed by atoms with Crippen molar-refractivity contribution in [3.63, 3.8) is 0 Å². The first-order valence-corrected chi connectivity index (χ1v) is 8.01. The molecule has 1 fully saturated rings. The number of halogens is 3. The van der Waals surface area contributed by atoms with Gasteiger partial charge in [0.25, 0.3) is 0 Å². The number of nitrogens with one attached hydrogen (secondary N) is 1. The van der Waals surface area contributed by atoms with Crippen molar-refractivity contribution in [3.05, 3.63) is 53.6 Å². The van der Waals surface area contributed by atoms with Crippen molar-refractivity contribution < 1.29 is 18.3 Å². The lowest BCUT2D eigenvalue weighted by atomic mass is 9.96. The van der Waals surface area contributed by atoms with E-state index < -0.39 is 18.0 Å². The van der Waals surface area contributed by atoms with E-state index in [0.717, 1.165) is 31.1 Å². The molecule has 24 heavy (non-hydrogen) atoms. The second-order valence-corrected chi connectivity index (χ2v) is 6.21. The van der Waals surface area contributed by atoms with E-state index in [2.05, 4.69) is 14.9 Å². The van der Waals surface area contributed by atoms with Gasteiger partial charge in [-0.25, -0.2) is 4.98 Å². The predicted molar refractivity (Wildman–Crippen MR) is 83.4 cm³/mol. The van der Waals surface area contributed by atoms with Gasteiger partial charge >= 0.3 is 6.18 Å². The molecular formula is C17H20F3N3O. The quantitative estimate of drug-likeness (QED) is 0.898.